The molecule has 0 aliphatic carbocycles. The highest BCUT2D eigenvalue weighted by atomic mass is 19.4. The van der Waals surface area contributed by atoms with E-state index in [0.29, 0.717) is 12.3 Å². The molecule has 0 aromatic heterocycles. The van der Waals surface area contributed by atoms with Crippen LogP contribution in [0.25, 0.3) is 0 Å². The Hall–Kier alpha value is -1.27. The molecule has 0 heterocycles. The molecule has 1 atom stereocenters. The highest BCUT2D eigenvalue weighted by Crippen LogP contribution is 2.26. The number of hydrogen-bond donors (Lipinski definition) is 1. The van der Waals surface area contributed by atoms with Gasteiger partial charge in [0.05, 0.1) is 13.7 Å². The van der Waals surface area contributed by atoms with Crippen molar-refractivity contribution in [3.05, 3.63) is 29.8 Å². The molecule has 1 rings (SSSR count). The van der Waals surface area contributed by atoms with Crippen LogP contribution >= 0.6 is 0 Å². The average Bonchev–Trinajstić information content (AvgIpc) is 2.36. The van der Waals surface area contributed by atoms with Crippen molar-refractivity contribution in [2.75, 3.05) is 33.8 Å². The van der Waals surface area contributed by atoms with E-state index in [0.717, 1.165) is 5.56 Å². The van der Waals surface area contributed by atoms with Crippen LogP contribution in [-0.4, -0.2) is 44.9 Å². The number of nitrogens with zero attached hydrogens (tertiary/aromatic N) is 1. The van der Waals surface area contributed by atoms with Crippen LogP contribution in [0.1, 0.15) is 18.5 Å². The number of alkyl halides is 3. The molecular formula is C14H21F3N2O. The van der Waals surface area contributed by atoms with Crippen molar-refractivity contribution in [3.8, 4) is 5.75 Å². The van der Waals surface area contributed by atoms with Crippen molar-refractivity contribution in [1.82, 2.24) is 10.2 Å². The first-order chi connectivity index (χ1) is 9.37. The lowest BCUT2D eigenvalue weighted by Gasteiger charge is -2.26. The summed E-state index contributed by atoms with van der Waals surface area (Å²) in [6.07, 6.45) is -4.19. The van der Waals surface area contributed by atoms with Gasteiger partial charge in [0.25, 0.3) is 0 Å². The topological polar surface area (TPSA) is 24.5 Å². The minimum Gasteiger partial charge on any atom is -0.496 e. The molecule has 1 unspecified atom stereocenters. The number of benzene rings is 1. The average molecular weight is 290 g/mol. The van der Waals surface area contributed by atoms with Crippen LogP contribution in [-0.2, 0) is 0 Å². The monoisotopic (exact) mass is 290 g/mol. The summed E-state index contributed by atoms with van der Waals surface area (Å²) in [5.41, 5.74) is 0.867. The molecule has 0 amide bonds. The number of nitrogens with one attached hydrogen (secondary N) is 1. The van der Waals surface area contributed by atoms with E-state index in [1.165, 1.54) is 11.9 Å². The van der Waals surface area contributed by atoms with Gasteiger partial charge in [-0.1, -0.05) is 25.1 Å². The minimum atomic E-state index is -4.19. The van der Waals surface area contributed by atoms with Gasteiger partial charge >= 0.3 is 6.18 Å². The third kappa shape index (κ3) is 5.38. The number of rotatable bonds is 7. The van der Waals surface area contributed by atoms with E-state index in [1.54, 1.807) is 7.11 Å². The van der Waals surface area contributed by atoms with E-state index in [4.69, 9.17) is 4.74 Å². The molecule has 0 spiro atoms. The third-order valence-electron chi connectivity index (χ3n) is 2.91. The quantitative estimate of drug-likeness (QED) is 0.835. The Labute approximate surface area is 117 Å². The van der Waals surface area contributed by atoms with E-state index >= 15 is 0 Å². The van der Waals surface area contributed by atoms with Gasteiger partial charge in [-0.05, 0) is 19.7 Å². The molecule has 0 aliphatic heterocycles. The second kappa shape index (κ2) is 7.50. The van der Waals surface area contributed by atoms with E-state index in [-0.39, 0.29) is 12.6 Å². The minimum absolute atomic E-state index is 0.205. The maximum absolute atomic E-state index is 12.4. The third-order valence-corrected chi connectivity index (χ3v) is 2.91. The van der Waals surface area contributed by atoms with Crippen LogP contribution in [0.5, 0.6) is 5.75 Å². The van der Waals surface area contributed by atoms with Gasteiger partial charge in [0.15, 0.2) is 0 Å². The summed E-state index contributed by atoms with van der Waals surface area (Å²) in [7, 11) is 3.02. The van der Waals surface area contributed by atoms with Crippen molar-refractivity contribution in [1.29, 1.82) is 0 Å². The zero-order chi connectivity index (χ0) is 15.2. The zero-order valence-corrected chi connectivity index (χ0v) is 12.0. The molecule has 6 heteroatoms. The van der Waals surface area contributed by atoms with E-state index in [9.17, 15) is 13.2 Å². The van der Waals surface area contributed by atoms with E-state index < -0.39 is 12.7 Å². The second-order valence-corrected chi connectivity index (χ2v) is 4.66. The SMILES string of the molecule is CCNC(CN(C)CC(F)(F)F)c1ccccc1OC. The van der Waals surface area contributed by atoms with Gasteiger partial charge in [-0.25, -0.2) is 0 Å². The van der Waals surface area contributed by atoms with Crippen molar-refractivity contribution in [2.45, 2.75) is 19.1 Å². The first kappa shape index (κ1) is 16.8. The van der Waals surface area contributed by atoms with Crippen molar-refractivity contribution in [3.63, 3.8) is 0 Å². The van der Waals surface area contributed by atoms with Gasteiger partial charge in [-0.15, -0.1) is 0 Å². The Kier molecular flexibility index (Phi) is 6.29. The molecule has 0 saturated heterocycles. The first-order valence-electron chi connectivity index (χ1n) is 6.49. The van der Waals surface area contributed by atoms with Crippen LogP contribution < -0.4 is 10.1 Å². The van der Waals surface area contributed by atoms with Gasteiger partial charge in [-0.2, -0.15) is 13.2 Å². The van der Waals surface area contributed by atoms with Gasteiger partial charge in [0, 0.05) is 18.2 Å². The lowest BCUT2D eigenvalue weighted by Crippen LogP contribution is -2.38. The van der Waals surface area contributed by atoms with Crippen LogP contribution in [0, 0.1) is 0 Å². The molecule has 1 N–H and O–H groups in total. The fourth-order valence-corrected chi connectivity index (χ4v) is 2.16. The van der Waals surface area contributed by atoms with Crippen molar-refractivity contribution < 1.29 is 17.9 Å². The number of para-hydroxylation sites is 1. The molecular weight excluding hydrogens is 269 g/mol. The Morgan fingerprint density at radius 3 is 2.50 bits per heavy atom. The summed E-state index contributed by atoms with van der Waals surface area (Å²) >= 11 is 0. The Morgan fingerprint density at radius 2 is 1.95 bits per heavy atom. The lowest BCUT2D eigenvalue weighted by molar-refractivity contribution is -0.143. The van der Waals surface area contributed by atoms with Crippen LogP contribution in [0.4, 0.5) is 13.2 Å². The number of hydrogen-bond acceptors (Lipinski definition) is 3. The lowest BCUT2D eigenvalue weighted by atomic mass is 10.0. The molecule has 0 saturated carbocycles. The summed E-state index contributed by atoms with van der Waals surface area (Å²) in [4.78, 5) is 1.26. The summed E-state index contributed by atoms with van der Waals surface area (Å²) in [5.74, 6) is 0.679. The predicted molar refractivity (Wildman–Crippen MR) is 73.0 cm³/mol. The van der Waals surface area contributed by atoms with Crippen LogP contribution in [0.15, 0.2) is 24.3 Å². The second-order valence-electron chi connectivity index (χ2n) is 4.66. The molecule has 0 radical (unpaired) electrons. The molecule has 20 heavy (non-hydrogen) atoms. The summed E-state index contributed by atoms with van der Waals surface area (Å²) < 4.78 is 42.5. The fraction of sp³-hybridized carbons (Fsp3) is 0.571. The molecule has 114 valence electrons. The highest BCUT2D eigenvalue weighted by molar-refractivity contribution is 5.36. The summed E-state index contributed by atoms with van der Waals surface area (Å²) in [6.45, 7) is 1.92. The number of halogens is 3. The number of likely N-dealkylation sites (N-methyl/N-ethyl adjacent to an activating group) is 2. The van der Waals surface area contributed by atoms with Crippen molar-refractivity contribution >= 4 is 0 Å². The van der Waals surface area contributed by atoms with Crippen LogP contribution in [0.2, 0.25) is 0 Å². The number of methoxy groups -OCH3 is 1. The largest absolute Gasteiger partial charge is 0.496 e. The summed E-state index contributed by atoms with van der Waals surface area (Å²) in [5, 5.41) is 3.20. The number of ether oxygens (including phenoxy) is 1. The molecule has 1 aromatic carbocycles. The molecule has 3 nitrogen and oxygen atoms in total. The van der Waals surface area contributed by atoms with E-state index in [2.05, 4.69) is 5.32 Å². The van der Waals surface area contributed by atoms with E-state index in [1.807, 2.05) is 31.2 Å². The standard InChI is InChI=1S/C14H21F3N2O/c1-4-18-12(9-19(2)10-14(15,16)17)11-7-5-6-8-13(11)20-3/h5-8,12,18H,4,9-10H2,1-3H3. The van der Waals surface area contributed by atoms with Gasteiger partial charge in [-0.3, -0.25) is 4.90 Å². The fourth-order valence-electron chi connectivity index (χ4n) is 2.16. The molecule has 0 aliphatic rings. The molecule has 0 bridgehead atoms. The zero-order valence-electron chi connectivity index (χ0n) is 12.0. The van der Waals surface area contributed by atoms with Crippen molar-refractivity contribution in [2.24, 2.45) is 0 Å². The maximum atomic E-state index is 12.4. The van der Waals surface area contributed by atoms with Gasteiger partial charge in [0.2, 0.25) is 0 Å². The molecule has 1 aromatic rings. The first-order valence-corrected chi connectivity index (χ1v) is 6.49. The smallest absolute Gasteiger partial charge is 0.401 e. The maximum Gasteiger partial charge on any atom is 0.401 e. The highest BCUT2D eigenvalue weighted by Gasteiger charge is 2.30. The Bertz CT molecular complexity index is 410. The van der Waals surface area contributed by atoms with Gasteiger partial charge in [0.1, 0.15) is 5.75 Å². The predicted octanol–water partition coefficient (Wildman–Crippen LogP) is 2.84. The Morgan fingerprint density at radius 1 is 1.30 bits per heavy atom. The summed E-state index contributed by atoms with van der Waals surface area (Å²) in [6, 6.07) is 7.16. The molecule has 0 fully saturated rings. The Balaban J connectivity index is 2.83. The normalized spacial score (nSPS) is 13.6. The van der Waals surface area contributed by atoms with Crippen LogP contribution in [0.3, 0.4) is 0 Å². The van der Waals surface area contributed by atoms with Gasteiger partial charge < -0.3 is 10.1 Å².